The second kappa shape index (κ2) is 6.13. The summed E-state index contributed by atoms with van der Waals surface area (Å²) in [5.74, 6) is 1.01. The molecule has 0 aliphatic rings. The third-order valence-electron chi connectivity index (χ3n) is 2.92. The molecule has 0 saturated heterocycles. The van der Waals surface area contributed by atoms with E-state index in [1.807, 2.05) is 25.1 Å². The summed E-state index contributed by atoms with van der Waals surface area (Å²) in [6, 6.07) is 8.11. The minimum Gasteiger partial charge on any atom is -0.508 e. The van der Waals surface area contributed by atoms with Crippen LogP contribution in [0.2, 0.25) is 0 Å². The number of anilines is 3. The molecule has 0 unspecified atom stereocenters. The Morgan fingerprint density at radius 2 is 1.81 bits per heavy atom. The summed E-state index contributed by atoms with van der Waals surface area (Å²) in [5, 5.41) is 14.8. The van der Waals surface area contributed by atoms with E-state index < -0.39 is 0 Å². The van der Waals surface area contributed by atoms with Crippen LogP contribution in [-0.2, 0) is 0 Å². The first-order valence-electron chi connectivity index (χ1n) is 6.46. The second-order valence-corrected chi connectivity index (χ2v) is 4.88. The van der Waals surface area contributed by atoms with Gasteiger partial charge in [0.05, 0.1) is 11.9 Å². The number of aromatic nitrogens is 1. The molecule has 0 atom stereocenters. The Balaban J connectivity index is 1.99. The first-order valence-corrected chi connectivity index (χ1v) is 6.46. The number of aromatic hydroxyl groups is 1. The van der Waals surface area contributed by atoms with Crippen LogP contribution in [-0.4, -0.2) is 30.2 Å². The lowest BCUT2D eigenvalue weighted by atomic mass is 10.2. The molecule has 1 aromatic carbocycles. The molecule has 2 rings (SSSR count). The van der Waals surface area contributed by atoms with Crippen LogP contribution < -0.4 is 15.5 Å². The van der Waals surface area contributed by atoms with E-state index in [0.29, 0.717) is 16.9 Å². The molecule has 2 amide bonds. The summed E-state index contributed by atoms with van der Waals surface area (Å²) in [5.41, 5.74) is 1.92. The Morgan fingerprint density at radius 1 is 1.14 bits per heavy atom. The number of rotatable bonds is 3. The van der Waals surface area contributed by atoms with E-state index in [-0.39, 0.29) is 11.8 Å². The number of nitrogens with zero attached hydrogens (tertiary/aromatic N) is 2. The van der Waals surface area contributed by atoms with Crippen molar-refractivity contribution in [2.75, 3.05) is 29.6 Å². The molecule has 0 bridgehead atoms. The average Bonchev–Trinajstić information content (AvgIpc) is 2.43. The van der Waals surface area contributed by atoms with Crippen LogP contribution in [0.15, 0.2) is 36.5 Å². The summed E-state index contributed by atoms with van der Waals surface area (Å²) in [6.07, 6.45) is 1.59. The highest BCUT2D eigenvalue weighted by atomic mass is 16.3. The Labute approximate surface area is 123 Å². The van der Waals surface area contributed by atoms with Crippen LogP contribution in [0, 0.1) is 6.92 Å². The molecule has 21 heavy (non-hydrogen) atoms. The highest BCUT2D eigenvalue weighted by Crippen LogP contribution is 2.20. The van der Waals surface area contributed by atoms with Crippen molar-refractivity contribution in [1.29, 1.82) is 0 Å². The van der Waals surface area contributed by atoms with Gasteiger partial charge in [-0.25, -0.2) is 9.78 Å². The number of nitrogens with one attached hydrogen (secondary N) is 2. The van der Waals surface area contributed by atoms with Crippen molar-refractivity contribution in [3.05, 3.63) is 42.1 Å². The number of amides is 2. The molecule has 0 aliphatic heterocycles. The molecule has 0 spiro atoms. The highest BCUT2D eigenvalue weighted by Gasteiger charge is 2.05. The largest absolute Gasteiger partial charge is 0.508 e. The SMILES string of the molecule is Cc1cc(NC(=O)Nc2ccc(N(C)C)nc2)ccc1O. The standard InChI is InChI=1S/C15H18N4O2/c1-10-8-11(4-6-13(10)20)17-15(21)18-12-5-7-14(16-9-12)19(2)3/h4-9,20H,1-3H3,(H2,17,18,21). The van der Waals surface area contributed by atoms with Gasteiger partial charge in [0.1, 0.15) is 11.6 Å². The molecule has 110 valence electrons. The number of phenolic OH excluding ortho intramolecular Hbond substituents is 1. The third kappa shape index (κ3) is 3.85. The van der Waals surface area contributed by atoms with Gasteiger partial charge in [0, 0.05) is 19.8 Å². The zero-order valence-electron chi connectivity index (χ0n) is 12.2. The van der Waals surface area contributed by atoms with Gasteiger partial charge in [-0.15, -0.1) is 0 Å². The number of pyridine rings is 1. The molecular weight excluding hydrogens is 268 g/mol. The van der Waals surface area contributed by atoms with Gasteiger partial charge in [-0.2, -0.15) is 0 Å². The van der Waals surface area contributed by atoms with Crippen LogP contribution in [0.5, 0.6) is 5.75 Å². The molecule has 1 aromatic heterocycles. The van der Waals surface area contributed by atoms with E-state index in [1.54, 1.807) is 37.4 Å². The number of phenols is 1. The first-order chi connectivity index (χ1) is 9.95. The lowest BCUT2D eigenvalue weighted by molar-refractivity contribution is 0.262. The highest BCUT2D eigenvalue weighted by molar-refractivity contribution is 5.99. The molecule has 3 N–H and O–H groups in total. The maximum Gasteiger partial charge on any atom is 0.323 e. The summed E-state index contributed by atoms with van der Waals surface area (Å²) >= 11 is 0. The number of hydrogen-bond acceptors (Lipinski definition) is 4. The van der Waals surface area contributed by atoms with Crippen molar-refractivity contribution >= 4 is 23.2 Å². The Hall–Kier alpha value is -2.76. The number of benzene rings is 1. The maximum absolute atomic E-state index is 11.9. The molecular formula is C15H18N4O2. The fourth-order valence-electron chi connectivity index (χ4n) is 1.75. The maximum atomic E-state index is 11.9. The Morgan fingerprint density at radius 3 is 2.38 bits per heavy atom. The monoisotopic (exact) mass is 286 g/mol. The van der Waals surface area contributed by atoms with Crippen molar-refractivity contribution in [1.82, 2.24) is 4.98 Å². The molecule has 0 fully saturated rings. The van der Waals surface area contributed by atoms with E-state index in [4.69, 9.17) is 0 Å². The zero-order valence-corrected chi connectivity index (χ0v) is 12.2. The van der Waals surface area contributed by atoms with Crippen molar-refractivity contribution in [3.8, 4) is 5.75 Å². The third-order valence-corrected chi connectivity index (χ3v) is 2.92. The number of urea groups is 1. The van der Waals surface area contributed by atoms with Crippen LogP contribution in [0.3, 0.4) is 0 Å². The van der Waals surface area contributed by atoms with E-state index in [1.165, 1.54) is 0 Å². The van der Waals surface area contributed by atoms with Gasteiger partial charge < -0.3 is 20.6 Å². The molecule has 0 saturated carbocycles. The van der Waals surface area contributed by atoms with E-state index in [2.05, 4.69) is 15.6 Å². The minimum atomic E-state index is -0.362. The molecule has 2 aromatic rings. The molecule has 0 aliphatic carbocycles. The lowest BCUT2D eigenvalue weighted by Crippen LogP contribution is -2.19. The van der Waals surface area contributed by atoms with Gasteiger partial charge in [0.2, 0.25) is 0 Å². The lowest BCUT2D eigenvalue weighted by Gasteiger charge is -2.12. The van der Waals surface area contributed by atoms with E-state index >= 15 is 0 Å². The van der Waals surface area contributed by atoms with Crippen molar-refractivity contribution < 1.29 is 9.90 Å². The Bertz CT molecular complexity index is 639. The smallest absolute Gasteiger partial charge is 0.323 e. The fourth-order valence-corrected chi connectivity index (χ4v) is 1.75. The van der Waals surface area contributed by atoms with Gasteiger partial charge in [-0.1, -0.05) is 0 Å². The summed E-state index contributed by atoms with van der Waals surface area (Å²) in [7, 11) is 3.80. The van der Waals surface area contributed by atoms with Crippen molar-refractivity contribution in [3.63, 3.8) is 0 Å². The van der Waals surface area contributed by atoms with E-state index in [9.17, 15) is 9.90 Å². The van der Waals surface area contributed by atoms with Crippen molar-refractivity contribution in [2.45, 2.75) is 6.92 Å². The number of hydrogen-bond donors (Lipinski definition) is 3. The predicted molar refractivity (Wildman–Crippen MR) is 84.0 cm³/mol. The van der Waals surface area contributed by atoms with Gasteiger partial charge in [-0.05, 0) is 42.8 Å². The molecule has 0 radical (unpaired) electrons. The first kappa shape index (κ1) is 14.6. The Kier molecular flexibility index (Phi) is 4.27. The van der Waals surface area contributed by atoms with Gasteiger partial charge >= 0.3 is 6.03 Å². The van der Waals surface area contributed by atoms with Crippen LogP contribution in [0.1, 0.15) is 5.56 Å². The predicted octanol–water partition coefficient (Wildman–Crippen LogP) is 2.81. The summed E-state index contributed by atoms with van der Waals surface area (Å²) in [4.78, 5) is 18.0. The fraction of sp³-hybridized carbons (Fsp3) is 0.200. The molecule has 1 heterocycles. The average molecular weight is 286 g/mol. The van der Waals surface area contributed by atoms with Crippen LogP contribution in [0.25, 0.3) is 0 Å². The van der Waals surface area contributed by atoms with Gasteiger partial charge in [0.25, 0.3) is 0 Å². The topological polar surface area (TPSA) is 77.5 Å². The number of aryl methyl sites for hydroxylation is 1. The minimum absolute atomic E-state index is 0.199. The normalized spacial score (nSPS) is 10.0. The number of carbonyl (C=O) groups is 1. The zero-order chi connectivity index (χ0) is 15.4. The summed E-state index contributed by atoms with van der Waals surface area (Å²) < 4.78 is 0. The number of carbonyl (C=O) groups excluding carboxylic acids is 1. The quantitative estimate of drug-likeness (QED) is 0.758. The van der Waals surface area contributed by atoms with Crippen LogP contribution in [0.4, 0.5) is 22.0 Å². The van der Waals surface area contributed by atoms with E-state index in [0.717, 1.165) is 5.82 Å². The molecule has 6 heteroatoms. The second-order valence-electron chi connectivity index (χ2n) is 4.88. The summed E-state index contributed by atoms with van der Waals surface area (Å²) in [6.45, 7) is 1.77. The van der Waals surface area contributed by atoms with Crippen molar-refractivity contribution in [2.24, 2.45) is 0 Å². The van der Waals surface area contributed by atoms with Gasteiger partial charge in [0.15, 0.2) is 0 Å². The van der Waals surface area contributed by atoms with Gasteiger partial charge in [-0.3, -0.25) is 0 Å². The molecule has 6 nitrogen and oxygen atoms in total. The van der Waals surface area contributed by atoms with Crippen LogP contribution >= 0.6 is 0 Å².